The molecule has 0 radical (unpaired) electrons. The molecule has 11 nitrogen and oxygen atoms in total. The van der Waals surface area contributed by atoms with Gasteiger partial charge < -0.3 is 39.3 Å². The summed E-state index contributed by atoms with van der Waals surface area (Å²) >= 11 is 0. The Morgan fingerprint density at radius 1 is 0.852 bits per heavy atom. The fourth-order valence-corrected chi connectivity index (χ4v) is 9.58. The van der Waals surface area contributed by atoms with Crippen molar-refractivity contribution in [2.45, 2.75) is 82.1 Å². The van der Waals surface area contributed by atoms with Gasteiger partial charge in [-0.2, -0.15) is 0 Å². The molecule has 1 heterocycles. The lowest BCUT2D eigenvalue weighted by Crippen LogP contribution is -2.45. The number of carboxylic acids is 1. The molecule has 0 aromatic heterocycles. The quantitative estimate of drug-likeness (QED) is 0.0534. The van der Waals surface area contributed by atoms with Crippen molar-refractivity contribution >= 4 is 39.8 Å². The Bertz CT molecular complexity index is 1850. The first-order chi connectivity index (χ1) is 29.3. The maximum Gasteiger partial charge on any atom is 0.508 e. The highest BCUT2D eigenvalue weighted by molar-refractivity contribution is 8.76. The highest BCUT2D eigenvalue weighted by atomic mass is 33.1. The Morgan fingerprint density at radius 2 is 1.44 bits per heavy atom. The van der Waals surface area contributed by atoms with E-state index in [0.29, 0.717) is 23.5 Å². The van der Waals surface area contributed by atoms with Crippen LogP contribution < -0.4 is 0 Å². The summed E-state index contributed by atoms with van der Waals surface area (Å²) in [6, 6.07) is 26.6. The second-order valence-corrected chi connectivity index (χ2v) is 19.0. The van der Waals surface area contributed by atoms with Crippen LogP contribution in [-0.4, -0.2) is 107 Å². The van der Waals surface area contributed by atoms with E-state index in [9.17, 15) is 29.7 Å². The van der Waals surface area contributed by atoms with Crippen molar-refractivity contribution in [3.63, 3.8) is 0 Å². The molecule has 0 saturated carbocycles. The van der Waals surface area contributed by atoms with E-state index in [1.165, 1.54) is 26.5 Å². The van der Waals surface area contributed by atoms with Crippen molar-refractivity contribution in [1.29, 1.82) is 0 Å². The lowest BCUT2D eigenvalue weighted by atomic mass is 9.72. The number of allylic oxidation sites excluding steroid dienone is 3. The van der Waals surface area contributed by atoms with Crippen molar-refractivity contribution in [3.05, 3.63) is 131 Å². The summed E-state index contributed by atoms with van der Waals surface area (Å²) < 4.78 is 16.8. The molecule has 3 aromatic carbocycles. The summed E-state index contributed by atoms with van der Waals surface area (Å²) in [4.78, 5) is 41.3. The van der Waals surface area contributed by atoms with Crippen LogP contribution in [0.2, 0.25) is 0 Å². The first kappa shape index (κ1) is 47.8. The Balaban J connectivity index is 1.07. The highest BCUT2D eigenvalue weighted by Crippen LogP contribution is 2.42. The zero-order chi connectivity index (χ0) is 43.8. The number of nitrogens with zero attached hydrogens (tertiary/aromatic N) is 2. The largest absolute Gasteiger partial charge is 0.508 e. The number of aliphatic hydroxyl groups excluding tert-OH is 1. The van der Waals surface area contributed by atoms with Gasteiger partial charge in [0.1, 0.15) is 24.9 Å². The van der Waals surface area contributed by atoms with Crippen LogP contribution in [0.4, 0.5) is 9.59 Å². The fourth-order valence-electron chi connectivity index (χ4n) is 7.93. The lowest BCUT2D eigenvalue weighted by Gasteiger charge is -2.42. The number of benzene rings is 3. The second-order valence-electron chi connectivity index (χ2n) is 16.3. The molecule has 4 atom stereocenters. The van der Waals surface area contributed by atoms with Crippen LogP contribution in [0.3, 0.4) is 0 Å². The molecule has 3 N–H and O–H groups in total. The molecule has 1 fully saturated rings. The monoisotopic (exact) mass is 874 g/mol. The molecule has 3 aromatic rings. The second kappa shape index (κ2) is 23.3. The molecular formula is C48H62N2O9S2. The Labute approximate surface area is 368 Å². The van der Waals surface area contributed by atoms with Gasteiger partial charge in [-0.3, -0.25) is 4.79 Å². The maximum absolute atomic E-state index is 13.0. The first-order valence-electron chi connectivity index (χ1n) is 21.2. The summed E-state index contributed by atoms with van der Waals surface area (Å²) in [5.41, 5.74) is 1.04. The first-order valence-corrected chi connectivity index (χ1v) is 23.7. The molecule has 0 spiro atoms. The average molecular weight is 875 g/mol. The molecule has 0 bridgehead atoms. The lowest BCUT2D eigenvalue weighted by molar-refractivity contribution is -0.142. The molecule has 5 rings (SSSR count). The zero-order valence-electron chi connectivity index (χ0n) is 35.8. The van der Waals surface area contributed by atoms with Crippen LogP contribution in [-0.2, 0) is 30.0 Å². The summed E-state index contributed by atoms with van der Waals surface area (Å²) in [6.07, 6.45) is 8.90. The number of likely N-dealkylation sites (tertiary alicyclic amines) is 1. The smallest absolute Gasteiger partial charge is 0.481 e. The third-order valence-electron chi connectivity index (χ3n) is 12.0. The molecule has 330 valence electrons. The van der Waals surface area contributed by atoms with E-state index in [2.05, 4.69) is 4.90 Å². The number of hydrogen-bond donors (Lipinski definition) is 3. The van der Waals surface area contributed by atoms with Gasteiger partial charge in [-0.1, -0.05) is 131 Å². The Kier molecular flexibility index (Phi) is 18.2. The fraction of sp³-hybridized carbons (Fsp3) is 0.479. The van der Waals surface area contributed by atoms with Gasteiger partial charge in [0.2, 0.25) is 0 Å². The van der Waals surface area contributed by atoms with Crippen LogP contribution in [0.25, 0.3) is 0 Å². The highest BCUT2D eigenvalue weighted by Gasteiger charge is 2.41. The molecular weight excluding hydrogens is 813 g/mol. The minimum absolute atomic E-state index is 0.0471. The predicted molar refractivity (Wildman–Crippen MR) is 242 cm³/mol. The number of carbonyl (C=O) groups excluding carboxylic acids is 2. The van der Waals surface area contributed by atoms with E-state index in [-0.39, 0.29) is 25.0 Å². The van der Waals surface area contributed by atoms with Gasteiger partial charge in [0.25, 0.3) is 0 Å². The maximum atomic E-state index is 13.0. The normalized spacial score (nSPS) is 17.6. The number of rotatable bonds is 21. The molecule has 61 heavy (non-hydrogen) atoms. The van der Waals surface area contributed by atoms with E-state index >= 15 is 0 Å². The minimum Gasteiger partial charge on any atom is -0.481 e. The predicted octanol–water partition coefficient (Wildman–Crippen LogP) is 9.00. The molecule has 13 heteroatoms. The van der Waals surface area contributed by atoms with Gasteiger partial charge in [0, 0.05) is 24.5 Å². The van der Waals surface area contributed by atoms with Crippen LogP contribution in [0.1, 0.15) is 81.2 Å². The Hall–Kier alpha value is -4.27. The van der Waals surface area contributed by atoms with Gasteiger partial charge >= 0.3 is 18.2 Å². The average Bonchev–Trinajstić information content (AvgIpc) is 3.29. The molecule has 1 saturated heterocycles. The number of carbonyl (C=O) groups is 3. The number of hydrogen-bond acceptors (Lipinski definition) is 11. The molecule has 2 unspecified atom stereocenters. The third-order valence-corrected chi connectivity index (χ3v) is 14.4. The number of aliphatic hydroxyl groups is 2. The van der Waals surface area contributed by atoms with Crippen molar-refractivity contribution in [2.75, 3.05) is 51.4 Å². The summed E-state index contributed by atoms with van der Waals surface area (Å²) in [6.45, 7) is 7.89. The van der Waals surface area contributed by atoms with E-state index in [4.69, 9.17) is 14.2 Å². The number of carboxylic acid groups (broad SMARTS) is 1. The number of ether oxygens (including phenoxy) is 3. The molecule has 2 aliphatic rings. The van der Waals surface area contributed by atoms with Crippen LogP contribution in [0.15, 0.2) is 109 Å². The number of likely N-dealkylation sites (N-methyl/N-ethyl adjacent to an activating group) is 1. The molecule has 1 aliphatic carbocycles. The van der Waals surface area contributed by atoms with E-state index < -0.39 is 47.5 Å². The van der Waals surface area contributed by atoms with Gasteiger partial charge in [0.15, 0.2) is 0 Å². The van der Waals surface area contributed by atoms with Gasteiger partial charge in [0.05, 0.1) is 17.6 Å². The van der Waals surface area contributed by atoms with Gasteiger partial charge in [-0.05, 0) is 101 Å². The molecule has 1 aliphatic heterocycles. The minimum atomic E-state index is -1.09. The van der Waals surface area contributed by atoms with Gasteiger partial charge in [-0.15, -0.1) is 0 Å². The summed E-state index contributed by atoms with van der Waals surface area (Å²) in [7, 11) is 4.61. The van der Waals surface area contributed by atoms with E-state index in [1.807, 2.05) is 97.1 Å². The van der Waals surface area contributed by atoms with Crippen LogP contribution >= 0.6 is 21.6 Å². The van der Waals surface area contributed by atoms with Crippen molar-refractivity contribution in [1.82, 2.24) is 9.80 Å². The topological polar surface area (TPSA) is 146 Å². The SMILES string of the molecule is C[C@@H]([C@@H](O)C1C=CC=CC1)N(C)C(=O)OCCSSCCOC(=O)OC(CCCN1CCC(C(O)(c2ccccc2)c2ccccc2)CC1)c1ccc(C(C)(C)C(=O)O)cc1. The number of aliphatic carboxylic acids is 1. The van der Waals surface area contributed by atoms with Gasteiger partial charge in [-0.25, -0.2) is 9.59 Å². The Morgan fingerprint density at radius 3 is 2.00 bits per heavy atom. The van der Waals surface area contributed by atoms with Crippen molar-refractivity contribution in [2.24, 2.45) is 11.8 Å². The molecule has 1 amide bonds. The van der Waals surface area contributed by atoms with E-state index in [1.54, 1.807) is 40.0 Å². The number of piperidine rings is 1. The standard InChI is InChI=1S/C48H62N2O9S2/c1-35(43(51)37-15-8-5-9-16-37)49(4)45(54)57-31-33-60-61-34-32-58-46(55)59-42(36-22-24-38(25-23-36)47(2,3)44(52)53)21-14-28-50-29-26-41(27-30-50)48(56,39-17-10-6-11-18-39)40-19-12-7-13-20-40/h5-13,15,17-20,22-25,35,37,41-43,51,56H,14,16,21,26-34H2,1-4H3,(H,52,53)/t35-,37?,42?,43+/m0/s1. The van der Waals surface area contributed by atoms with Crippen LogP contribution in [0, 0.1) is 11.8 Å². The number of amides is 1. The third kappa shape index (κ3) is 13.1. The van der Waals surface area contributed by atoms with Crippen molar-refractivity contribution < 1.29 is 43.9 Å². The van der Waals surface area contributed by atoms with Crippen LogP contribution in [0.5, 0.6) is 0 Å². The van der Waals surface area contributed by atoms with E-state index in [0.717, 1.165) is 62.0 Å². The zero-order valence-corrected chi connectivity index (χ0v) is 37.4. The summed E-state index contributed by atoms with van der Waals surface area (Å²) in [5, 5.41) is 32.8. The summed E-state index contributed by atoms with van der Waals surface area (Å²) in [5.74, 6) is 0.113. The van der Waals surface area contributed by atoms with Crippen molar-refractivity contribution in [3.8, 4) is 0 Å².